The molecule has 0 spiro atoms. The minimum absolute atomic E-state index is 0.0266. The van der Waals surface area contributed by atoms with Gasteiger partial charge in [-0.3, -0.25) is 0 Å². The van der Waals surface area contributed by atoms with Gasteiger partial charge in [0.25, 0.3) is 0 Å². The van der Waals surface area contributed by atoms with Crippen molar-refractivity contribution in [3.05, 3.63) is 0 Å². The molecule has 1 heterocycles. The third-order valence-corrected chi connectivity index (χ3v) is 2.47. The lowest BCUT2D eigenvalue weighted by Gasteiger charge is -2.33. The molecule has 1 fully saturated rings. The van der Waals surface area contributed by atoms with E-state index in [9.17, 15) is 4.79 Å². The first-order valence-corrected chi connectivity index (χ1v) is 6.39. The van der Waals surface area contributed by atoms with E-state index in [0.717, 1.165) is 0 Å². The van der Waals surface area contributed by atoms with Crippen molar-refractivity contribution in [2.75, 3.05) is 19.7 Å². The molecule has 0 N–H and O–H groups in total. The van der Waals surface area contributed by atoms with E-state index in [1.807, 2.05) is 20.8 Å². The van der Waals surface area contributed by atoms with E-state index in [0.29, 0.717) is 26.1 Å². The summed E-state index contributed by atoms with van der Waals surface area (Å²) in [6.45, 7) is 7.23. The largest absolute Gasteiger partial charge is 0.444 e. The Morgan fingerprint density at radius 1 is 1.59 bits per heavy atom. The molecule has 1 amide bonds. The predicted octanol–water partition coefficient (Wildman–Crippen LogP) is 2.37. The van der Waals surface area contributed by atoms with Crippen LogP contribution in [0.2, 0.25) is 0 Å². The van der Waals surface area contributed by atoms with Gasteiger partial charge in [-0.05, 0) is 25.6 Å². The van der Waals surface area contributed by atoms with Crippen molar-refractivity contribution < 1.29 is 14.3 Å². The Bertz CT molecular complexity index is 327. The van der Waals surface area contributed by atoms with Crippen LogP contribution in [0, 0.1) is 10.8 Å². The molecule has 1 saturated heterocycles. The molecule has 0 aromatic rings. The first kappa shape index (κ1) is 14.3. The first-order valence-electron chi connectivity index (χ1n) is 5.60. The van der Waals surface area contributed by atoms with Crippen molar-refractivity contribution >= 4 is 22.0 Å². The molecule has 0 radical (unpaired) electrons. The molecule has 1 atom stereocenters. The summed E-state index contributed by atoms with van der Waals surface area (Å²) in [6, 6.07) is 0. The van der Waals surface area contributed by atoms with Crippen molar-refractivity contribution in [2.24, 2.45) is 0 Å². The van der Waals surface area contributed by atoms with Crippen LogP contribution in [0.25, 0.3) is 0 Å². The predicted molar refractivity (Wildman–Crippen MR) is 68.9 cm³/mol. The number of amides is 1. The van der Waals surface area contributed by atoms with Crippen molar-refractivity contribution in [1.82, 2.24) is 4.90 Å². The van der Waals surface area contributed by atoms with E-state index in [1.165, 1.54) is 0 Å². The molecule has 0 aliphatic carbocycles. The maximum Gasteiger partial charge on any atom is 0.410 e. The van der Waals surface area contributed by atoms with Crippen LogP contribution < -0.4 is 0 Å². The molecule has 0 bridgehead atoms. The minimum Gasteiger partial charge on any atom is -0.444 e. The Morgan fingerprint density at radius 3 is 2.88 bits per heavy atom. The summed E-state index contributed by atoms with van der Waals surface area (Å²) < 4.78 is 10.8. The smallest absolute Gasteiger partial charge is 0.410 e. The second-order valence-electron chi connectivity index (χ2n) is 4.89. The highest BCUT2D eigenvalue weighted by Gasteiger charge is 2.27. The Labute approximate surface area is 111 Å². The number of nitrogens with zero attached hydrogens (tertiary/aromatic N) is 1. The molecule has 0 aromatic carbocycles. The summed E-state index contributed by atoms with van der Waals surface area (Å²) in [5.41, 5.74) is -0.458. The van der Waals surface area contributed by atoms with Crippen LogP contribution in [0.1, 0.15) is 27.2 Å². The minimum atomic E-state index is -0.458. The second kappa shape index (κ2) is 6.27. The van der Waals surface area contributed by atoms with Crippen LogP contribution in [0.3, 0.4) is 0 Å². The third-order valence-electron chi connectivity index (χ3n) is 2.19. The zero-order valence-electron chi connectivity index (χ0n) is 10.5. The van der Waals surface area contributed by atoms with Crippen molar-refractivity contribution in [3.8, 4) is 10.8 Å². The molecule has 1 rings (SSSR count). The van der Waals surface area contributed by atoms with E-state index in [-0.39, 0.29) is 12.2 Å². The van der Waals surface area contributed by atoms with Crippen molar-refractivity contribution in [2.45, 2.75) is 38.9 Å². The van der Waals surface area contributed by atoms with Crippen LogP contribution >= 0.6 is 15.9 Å². The van der Waals surface area contributed by atoms with Gasteiger partial charge in [0, 0.05) is 28.9 Å². The lowest BCUT2D eigenvalue weighted by atomic mass is 10.2. The van der Waals surface area contributed by atoms with Gasteiger partial charge in [-0.15, -0.1) is 0 Å². The Morgan fingerprint density at radius 2 is 2.29 bits per heavy atom. The molecule has 0 aromatic heterocycles. The summed E-state index contributed by atoms with van der Waals surface area (Å²) in [5.74, 6) is 2.89. The highest BCUT2D eigenvalue weighted by molar-refractivity contribution is 9.12. The zero-order valence-corrected chi connectivity index (χ0v) is 12.0. The number of carbonyl (C=O) groups is 1. The fourth-order valence-corrected chi connectivity index (χ4v) is 1.65. The number of hydrogen-bond acceptors (Lipinski definition) is 3. The Balaban J connectivity index is 2.47. The van der Waals surface area contributed by atoms with Crippen LogP contribution in [-0.2, 0) is 9.47 Å². The number of halogens is 1. The van der Waals surface area contributed by atoms with E-state index < -0.39 is 5.60 Å². The molecular weight excluding hydrogens is 286 g/mol. The topological polar surface area (TPSA) is 38.8 Å². The van der Waals surface area contributed by atoms with Crippen molar-refractivity contribution in [3.63, 3.8) is 0 Å². The van der Waals surface area contributed by atoms with Crippen LogP contribution in [-0.4, -0.2) is 42.4 Å². The van der Waals surface area contributed by atoms with E-state index in [1.54, 1.807) is 4.90 Å². The van der Waals surface area contributed by atoms with E-state index >= 15 is 0 Å². The van der Waals surface area contributed by atoms with Crippen molar-refractivity contribution in [1.29, 1.82) is 0 Å². The van der Waals surface area contributed by atoms with E-state index in [2.05, 4.69) is 26.7 Å². The Kier molecular flexibility index (Phi) is 5.29. The SMILES string of the molecule is CC(C)(C)OC(=O)N1CCOC(CC#CBr)C1. The van der Waals surface area contributed by atoms with Gasteiger partial charge in [0.2, 0.25) is 0 Å². The van der Waals surface area contributed by atoms with Gasteiger partial charge in [-0.1, -0.05) is 5.92 Å². The normalized spacial score (nSPS) is 20.5. The number of hydrogen-bond donors (Lipinski definition) is 0. The van der Waals surface area contributed by atoms with E-state index in [4.69, 9.17) is 9.47 Å². The first-order chi connectivity index (χ1) is 7.92. The number of ether oxygens (including phenoxy) is 2. The van der Waals surface area contributed by atoms with Gasteiger partial charge >= 0.3 is 6.09 Å². The fraction of sp³-hybridized carbons (Fsp3) is 0.750. The summed E-state index contributed by atoms with van der Waals surface area (Å²) in [6.07, 6.45) is 0.309. The van der Waals surface area contributed by atoms with Gasteiger partial charge in [0.15, 0.2) is 0 Å². The quantitative estimate of drug-likeness (QED) is 0.698. The van der Waals surface area contributed by atoms with Crippen LogP contribution in [0.5, 0.6) is 0 Å². The second-order valence-corrected chi connectivity index (χ2v) is 5.29. The average Bonchev–Trinajstić information content (AvgIpc) is 2.24. The standard InChI is InChI=1S/C12H18BrNO3/c1-12(2,3)17-11(15)14-7-8-16-10(9-14)5-4-6-13/h10H,5,7-9H2,1-3H3. The molecule has 96 valence electrons. The maximum atomic E-state index is 11.8. The summed E-state index contributed by atoms with van der Waals surface area (Å²) >= 11 is 3.04. The van der Waals surface area contributed by atoms with Crippen LogP contribution in [0.15, 0.2) is 0 Å². The molecule has 0 saturated carbocycles. The third kappa shape index (κ3) is 5.42. The fourth-order valence-electron chi connectivity index (χ4n) is 1.49. The molecule has 5 heteroatoms. The summed E-state index contributed by atoms with van der Waals surface area (Å²) in [4.78, 5) is 16.2. The Hall–Kier alpha value is -0.730. The lowest BCUT2D eigenvalue weighted by Crippen LogP contribution is -2.47. The van der Waals surface area contributed by atoms with Crippen LogP contribution in [0.4, 0.5) is 4.79 Å². The molecule has 1 aliphatic rings. The monoisotopic (exact) mass is 303 g/mol. The zero-order chi connectivity index (χ0) is 12.9. The molecule has 1 aliphatic heterocycles. The molecule has 4 nitrogen and oxygen atoms in total. The highest BCUT2D eigenvalue weighted by atomic mass is 79.9. The highest BCUT2D eigenvalue weighted by Crippen LogP contribution is 2.14. The number of carbonyl (C=O) groups excluding carboxylic acids is 1. The number of morpholine rings is 1. The average molecular weight is 304 g/mol. The van der Waals surface area contributed by atoms with Gasteiger partial charge in [0.05, 0.1) is 19.3 Å². The van der Waals surface area contributed by atoms with Gasteiger partial charge in [-0.2, -0.15) is 0 Å². The summed E-state index contributed by atoms with van der Waals surface area (Å²) in [5, 5.41) is 0. The number of rotatable bonds is 1. The van der Waals surface area contributed by atoms with Gasteiger partial charge < -0.3 is 14.4 Å². The van der Waals surface area contributed by atoms with Gasteiger partial charge in [0.1, 0.15) is 5.60 Å². The maximum absolute atomic E-state index is 11.8. The lowest BCUT2D eigenvalue weighted by molar-refractivity contribution is -0.0399. The summed E-state index contributed by atoms with van der Waals surface area (Å²) in [7, 11) is 0. The molecule has 1 unspecified atom stereocenters. The van der Waals surface area contributed by atoms with Gasteiger partial charge in [-0.25, -0.2) is 4.79 Å². The molecular formula is C12H18BrNO3. The molecule has 17 heavy (non-hydrogen) atoms.